The summed E-state index contributed by atoms with van der Waals surface area (Å²) < 4.78 is 5.22. The number of thiophene rings is 1. The van der Waals surface area contributed by atoms with Crippen LogP contribution in [0.2, 0.25) is 0 Å². The summed E-state index contributed by atoms with van der Waals surface area (Å²) in [5, 5.41) is 0.871. The van der Waals surface area contributed by atoms with Crippen LogP contribution in [-0.2, 0) is 0 Å². The monoisotopic (exact) mass is 219 g/mol. The largest absolute Gasteiger partial charge is 0.494 e. The lowest BCUT2D eigenvalue weighted by Gasteiger charge is -1.98. The summed E-state index contributed by atoms with van der Waals surface area (Å²) in [4.78, 5) is 17.1. The molecule has 0 spiro atoms. The number of aromatic nitrogens is 1. The highest BCUT2D eigenvalue weighted by Crippen LogP contribution is 2.36. The molecule has 2 aromatic heterocycles. The van der Waals surface area contributed by atoms with Gasteiger partial charge in [0.1, 0.15) is 15.5 Å². The Bertz CT molecular complexity index is 530. The zero-order valence-corrected chi connectivity index (χ0v) is 9.00. The highest BCUT2D eigenvalue weighted by molar-refractivity contribution is 7.21. The van der Waals surface area contributed by atoms with Gasteiger partial charge in [0, 0.05) is 6.20 Å². The maximum Gasteiger partial charge on any atom is 0.199 e. The zero-order valence-electron chi connectivity index (χ0n) is 8.19. The average molecular weight is 219 g/mol. The summed E-state index contributed by atoms with van der Waals surface area (Å²) in [7, 11) is 1.55. The number of hydrogen-bond acceptors (Lipinski definition) is 4. The first-order valence-electron chi connectivity index (χ1n) is 4.36. The number of fused-ring (bicyclic) bond motifs is 1. The smallest absolute Gasteiger partial charge is 0.199 e. The quantitative estimate of drug-likeness (QED) is 0.588. The molecule has 2 rings (SSSR count). The summed E-state index contributed by atoms with van der Waals surface area (Å²) in [5.41, 5.74) is 0. The summed E-state index contributed by atoms with van der Waals surface area (Å²) in [6.07, 6.45) is 2.98. The topological polar surface area (TPSA) is 39.2 Å². The number of methoxy groups -OCH3 is 1. The predicted molar refractivity (Wildman–Crippen MR) is 60.7 cm³/mol. The summed E-state index contributed by atoms with van der Waals surface area (Å²) in [6.45, 7) is 3.46. The molecule has 2 aromatic rings. The van der Waals surface area contributed by atoms with Gasteiger partial charge in [-0.05, 0) is 18.2 Å². The molecule has 0 aliphatic carbocycles. The number of allylic oxidation sites excluding steroid dienone is 1. The first kappa shape index (κ1) is 9.86. The first-order valence-corrected chi connectivity index (χ1v) is 5.18. The van der Waals surface area contributed by atoms with Crippen molar-refractivity contribution in [3.8, 4) is 5.75 Å². The SMILES string of the molecule is C=CC(=O)c1sc2ncccc2c1OC. The standard InChI is InChI=1S/C11H9NO2S/c1-3-8(13)10-9(14-2)7-5-4-6-12-11(7)15-10/h3-6H,1H2,2H3. The third-order valence-corrected chi connectivity index (χ3v) is 3.14. The Balaban J connectivity index is 2.74. The van der Waals surface area contributed by atoms with E-state index in [1.807, 2.05) is 12.1 Å². The molecule has 2 heterocycles. The van der Waals surface area contributed by atoms with Crippen LogP contribution in [0.25, 0.3) is 10.2 Å². The number of nitrogens with zero attached hydrogens (tertiary/aromatic N) is 1. The molecule has 0 aromatic carbocycles. The maximum atomic E-state index is 11.5. The van der Waals surface area contributed by atoms with Crippen molar-refractivity contribution in [3.63, 3.8) is 0 Å². The molecular weight excluding hydrogens is 210 g/mol. The summed E-state index contributed by atoms with van der Waals surface area (Å²) >= 11 is 1.32. The van der Waals surface area contributed by atoms with E-state index in [1.165, 1.54) is 17.4 Å². The highest BCUT2D eigenvalue weighted by Gasteiger charge is 2.17. The third-order valence-electron chi connectivity index (χ3n) is 2.03. The molecule has 76 valence electrons. The Kier molecular flexibility index (Phi) is 2.51. The van der Waals surface area contributed by atoms with Gasteiger partial charge >= 0.3 is 0 Å². The minimum atomic E-state index is -0.130. The van der Waals surface area contributed by atoms with Gasteiger partial charge in [-0.3, -0.25) is 4.79 Å². The third kappa shape index (κ3) is 1.53. The fraction of sp³-hybridized carbons (Fsp3) is 0.0909. The number of ether oxygens (including phenoxy) is 1. The van der Waals surface area contributed by atoms with E-state index < -0.39 is 0 Å². The highest BCUT2D eigenvalue weighted by atomic mass is 32.1. The van der Waals surface area contributed by atoms with E-state index >= 15 is 0 Å². The van der Waals surface area contributed by atoms with Gasteiger partial charge in [-0.15, -0.1) is 11.3 Å². The molecular formula is C11H9NO2S. The van der Waals surface area contributed by atoms with Crippen LogP contribution in [0.4, 0.5) is 0 Å². The predicted octanol–water partition coefficient (Wildman–Crippen LogP) is 2.67. The molecule has 0 amide bonds. The van der Waals surface area contributed by atoms with Crippen molar-refractivity contribution in [1.82, 2.24) is 4.98 Å². The summed E-state index contributed by atoms with van der Waals surface area (Å²) in [5.74, 6) is 0.461. The molecule has 0 atom stereocenters. The van der Waals surface area contributed by atoms with Gasteiger partial charge in [-0.1, -0.05) is 6.58 Å². The number of carbonyl (C=O) groups is 1. The lowest BCUT2D eigenvalue weighted by atomic mass is 10.2. The van der Waals surface area contributed by atoms with Crippen molar-refractivity contribution < 1.29 is 9.53 Å². The molecule has 0 saturated carbocycles. The van der Waals surface area contributed by atoms with E-state index in [1.54, 1.807) is 13.3 Å². The Labute approximate surface area is 91.0 Å². The van der Waals surface area contributed by atoms with Crippen LogP contribution in [0.15, 0.2) is 31.0 Å². The number of ketones is 1. The number of pyridine rings is 1. The molecule has 0 N–H and O–H groups in total. The van der Waals surface area contributed by atoms with Crippen LogP contribution in [0.5, 0.6) is 5.75 Å². The lowest BCUT2D eigenvalue weighted by Crippen LogP contribution is -1.93. The van der Waals surface area contributed by atoms with E-state index in [-0.39, 0.29) is 5.78 Å². The van der Waals surface area contributed by atoms with Crippen LogP contribution >= 0.6 is 11.3 Å². The summed E-state index contributed by atoms with van der Waals surface area (Å²) in [6, 6.07) is 3.71. The van der Waals surface area contributed by atoms with E-state index in [9.17, 15) is 4.79 Å². The van der Waals surface area contributed by atoms with E-state index in [2.05, 4.69) is 11.6 Å². The van der Waals surface area contributed by atoms with Crippen LogP contribution in [0.1, 0.15) is 9.67 Å². The van der Waals surface area contributed by atoms with Crippen molar-refractivity contribution >= 4 is 27.3 Å². The average Bonchev–Trinajstić information content (AvgIpc) is 2.66. The molecule has 0 fully saturated rings. The van der Waals surface area contributed by atoms with Crippen LogP contribution < -0.4 is 4.74 Å². The first-order chi connectivity index (χ1) is 7.27. The molecule has 0 saturated heterocycles. The van der Waals surface area contributed by atoms with Crippen molar-refractivity contribution in [2.45, 2.75) is 0 Å². The normalized spacial score (nSPS) is 10.2. The Morgan fingerprint density at radius 2 is 2.47 bits per heavy atom. The van der Waals surface area contributed by atoms with E-state index in [4.69, 9.17) is 4.74 Å². The molecule has 0 aliphatic rings. The van der Waals surface area contributed by atoms with Crippen LogP contribution in [0.3, 0.4) is 0 Å². The van der Waals surface area contributed by atoms with Crippen LogP contribution in [0, 0.1) is 0 Å². The molecule has 0 radical (unpaired) electrons. The maximum absolute atomic E-state index is 11.5. The van der Waals surface area contributed by atoms with Crippen molar-refractivity contribution in [3.05, 3.63) is 35.9 Å². The van der Waals surface area contributed by atoms with Crippen molar-refractivity contribution in [1.29, 1.82) is 0 Å². The number of hydrogen-bond donors (Lipinski definition) is 0. The minimum Gasteiger partial charge on any atom is -0.494 e. The molecule has 15 heavy (non-hydrogen) atoms. The van der Waals surface area contributed by atoms with Crippen molar-refractivity contribution in [2.24, 2.45) is 0 Å². The second-order valence-corrected chi connectivity index (χ2v) is 3.89. The van der Waals surface area contributed by atoms with Crippen LogP contribution in [-0.4, -0.2) is 17.9 Å². The number of carbonyl (C=O) groups excluding carboxylic acids is 1. The van der Waals surface area contributed by atoms with Gasteiger partial charge in [0.2, 0.25) is 0 Å². The minimum absolute atomic E-state index is 0.130. The lowest BCUT2D eigenvalue weighted by molar-refractivity contribution is 0.104. The molecule has 3 nitrogen and oxygen atoms in total. The molecule has 0 aliphatic heterocycles. The van der Waals surface area contributed by atoms with Gasteiger partial charge in [-0.2, -0.15) is 0 Å². The van der Waals surface area contributed by atoms with E-state index in [0.29, 0.717) is 10.6 Å². The molecule has 0 unspecified atom stereocenters. The fourth-order valence-corrected chi connectivity index (χ4v) is 2.42. The second-order valence-electron chi connectivity index (χ2n) is 2.89. The fourth-order valence-electron chi connectivity index (χ4n) is 1.37. The Morgan fingerprint density at radius 3 is 3.13 bits per heavy atom. The molecule has 0 bridgehead atoms. The Morgan fingerprint density at radius 1 is 1.67 bits per heavy atom. The van der Waals surface area contributed by atoms with E-state index in [0.717, 1.165) is 10.2 Å². The zero-order chi connectivity index (χ0) is 10.8. The second kappa shape index (κ2) is 3.82. The molecule has 4 heteroatoms. The van der Waals surface area contributed by atoms with Gasteiger partial charge in [0.05, 0.1) is 12.5 Å². The number of rotatable bonds is 3. The van der Waals surface area contributed by atoms with Gasteiger partial charge in [0.25, 0.3) is 0 Å². The Hall–Kier alpha value is -1.68. The van der Waals surface area contributed by atoms with Crippen molar-refractivity contribution in [2.75, 3.05) is 7.11 Å². The van der Waals surface area contributed by atoms with Gasteiger partial charge in [0.15, 0.2) is 5.78 Å². The van der Waals surface area contributed by atoms with Gasteiger partial charge < -0.3 is 4.74 Å². The van der Waals surface area contributed by atoms with Gasteiger partial charge in [-0.25, -0.2) is 4.98 Å².